The number of fused-ring (bicyclic) bond motifs is 1. The highest BCUT2D eigenvalue weighted by molar-refractivity contribution is 6.07. The van der Waals surface area contributed by atoms with Gasteiger partial charge in [-0.25, -0.2) is 4.98 Å². The zero-order chi connectivity index (χ0) is 19.7. The maximum absolute atomic E-state index is 13.4. The number of piperidine rings is 1. The van der Waals surface area contributed by atoms with Crippen LogP contribution in [0, 0.1) is 19.8 Å². The van der Waals surface area contributed by atoms with Crippen LogP contribution in [-0.2, 0) is 0 Å². The van der Waals surface area contributed by atoms with Gasteiger partial charge in [0.2, 0.25) is 0 Å². The number of hydrogen-bond donors (Lipinski definition) is 1. The smallest absolute Gasteiger partial charge is 0.254 e. The maximum atomic E-state index is 13.4. The van der Waals surface area contributed by atoms with Gasteiger partial charge in [-0.1, -0.05) is 42.0 Å². The topological polar surface area (TPSA) is 59.2 Å². The molecule has 2 N–H and O–H groups in total. The molecular weight excluding hydrogens is 346 g/mol. The van der Waals surface area contributed by atoms with E-state index in [0.717, 1.165) is 53.7 Å². The molecule has 1 amide bonds. The van der Waals surface area contributed by atoms with E-state index in [-0.39, 0.29) is 5.91 Å². The van der Waals surface area contributed by atoms with Crippen molar-refractivity contribution in [1.82, 2.24) is 9.88 Å². The van der Waals surface area contributed by atoms with Gasteiger partial charge in [-0.15, -0.1) is 0 Å². The summed E-state index contributed by atoms with van der Waals surface area (Å²) in [5.74, 6) is 0.629. The maximum Gasteiger partial charge on any atom is 0.254 e. The molecule has 3 aromatic rings. The number of nitrogens with zero attached hydrogens (tertiary/aromatic N) is 2. The van der Waals surface area contributed by atoms with Crippen LogP contribution in [0.3, 0.4) is 0 Å². The predicted molar refractivity (Wildman–Crippen MR) is 114 cm³/mol. The third kappa shape index (κ3) is 3.52. The monoisotopic (exact) mass is 373 g/mol. The number of carbonyl (C=O) groups excluding carboxylic acids is 1. The number of benzene rings is 2. The molecule has 4 heteroatoms. The molecule has 2 heterocycles. The van der Waals surface area contributed by atoms with Crippen LogP contribution in [-0.4, -0.2) is 35.4 Å². The van der Waals surface area contributed by atoms with Gasteiger partial charge in [0.1, 0.15) is 0 Å². The van der Waals surface area contributed by atoms with Crippen LogP contribution in [0.2, 0.25) is 0 Å². The number of aryl methyl sites for hydroxylation is 2. The van der Waals surface area contributed by atoms with Crippen LogP contribution >= 0.6 is 0 Å². The second kappa shape index (κ2) is 7.72. The first-order valence-corrected chi connectivity index (χ1v) is 10.0. The van der Waals surface area contributed by atoms with E-state index in [1.165, 1.54) is 11.1 Å². The summed E-state index contributed by atoms with van der Waals surface area (Å²) in [5.41, 5.74) is 11.7. The van der Waals surface area contributed by atoms with Crippen molar-refractivity contribution in [3.8, 4) is 11.3 Å². The van der Waals surface area contributed by atoms with Gasteiger partial charge in [0, 0.05) is 24.0 Å². The zero-order valence-electron chi connectivity index (χ0n) is 16.6. The lowest BCUT2D eigenvalue weighted by atomic mass is 9.95. The van der Waals surface area contributed by atoms with Crippen molar-refractivity contribution in [2.24, 2.45) is 11.7 Å². The molecule has 0 spiro atoms. The normalized spacial score (nSPS) is 15.2. The minimum atomic E-state index is 0.0973. The number of nitrogens with two attached hydrogens (primary N) is 1. The molecule has 0 radical (unpaired) electrons. The van der Waals surface area contributed by atoms with E-state index in [2.05, 4.69) is 32.0 Å². The van der Waals surface area contributed by atoms with E-state index in [1.54, 1.807) is 0 Å². The molecule has 1 fully saturated rings. The van der Waals surface area contributed by atoms with E-state index in [1.807, 2.05) is 35.2 Å². The number of pyridine rings is 1. The Kier molecular flexibility index (Phi) is 5.14. The lowest BCUT2D eigenvalue weighted by Gasteiger charge is -2.31. The Morgan fingerprint density at radius 3 is 2.57 bits per heavy atom. The molecule has 0 bridgehead atoms. The zero-order valence-corrected chi connectivity index (χ0v) is 16.6. The van der Waals surface area contributed by atoms with Gasteiger partial charge in [0.25, 0.3) is 5.91 Å². The van der Waals surface area contributed by atoms with E-state index in [0.29, 0.717) is 12.5 Å². The minimum Gasteiger partial charge on any atom is -0.339 e. The molecule has 2 aromatic carbocycles. The highest BCUT2D eigenvalue weighted by Crippen LogP contribution is 2.29. The first kappa shape index (κ1) is 18.6. The number of amides is 1. The number of rotatable bonds is 3. The van der Waals surface area contributed by atoms with Gasteiger partial charge >= 0.3 is 0 Å². The quantitative estimate of drug-likeness (QED) is 0.743. The molecule has 28 heavy (non-hydrogen) atoms. The van der Waals surface area contributed by atoms with Gasteiger partial charge in [-0.05, 0) is 56.8 Å². The Bertz CT molecular complexity index is 1020. The molecule has 1 aliphatic heterocycles. The molecule has 4 nitrogen and oxygen atoms in total. The second-order valence-corrected chi connectivity index (χ2v) is 7.86. The van der Waals surface area contributed by atoms with E-state index >= 15 is 0 Å². The van der Waals surface area contributed by atoms with Crippen LogP contribution in [0.1, 0.15) is 34.3 Å². The Morgan fingerprint density at radius 2 is 1.86 bits per heavy atom. The van der Waals surface area contributed by atoms with Crippen molar-refractivity contribution in [3.63, 3.8) is 0 Å². The van der Waals surface area contributed by atoms with Crippen molar-refractivity contribution >= 4 is 16.8 Å². The third-order valence-electron chi connectivity index (χ3n) is 5.84. The van der Waals surface area contributed by atoms with Crippen LogP contribution in [0.15, 0.2) is 48.5 Å². The van der Waals surface area contributed by atoms with E-state index in [4.69, 9.17) is 10.7 Å². The van der Waals surface area contributed by atoms with Crippen molar-refractivity contribution < 1.29 is 4.79 Å². The molecule has 0 aliphatic carbocycles. The molecule has 0 saturated carbocycles. The third-order valence-corrected chi connectivity index (χ3v) is 5.84. The Morgan fingerprint density at radius 1 is 1.11 bits per heavy atom. The van der Waals surface area contributed by atoms with Crippen LogP contribution < -0.4 is 5.73 Å². The Labute approximate surface area is 166 Å². The largest absolute Gasteiger partial charge is 0.339 e. The summed E-state index contributed by atoms with van der Waals surface area (Å²) in [7, 11) is 0. The molecule has 144 valence electrons. The van der Waals surface area contributed by atoms with Crippen molar-refractivity contribution in [2.75, 3.05) is 19.6 Å². The summed E-state index contributed by atoms with van der Waals surface area (Å²) in [6.07, 6.45) is 1.96. The fraction of sp³-hybridized carbons (Fsp3) is 0.333. The predicted octanol–water partition coefficient (Wildman–Crippen LogP) is 4.33. The molecular formula is C24H27N3O. The Balaban J connectivity index is 1.78. The van der Waals surface area contributed by atoms with Crippen LogP contribution in [0.4, 0.5) is 0 Å². The van der Waals surface area contributed by atoms with Gasteiger partial charge in [-0.2, -0.15) is 0 Å². The first-order valence-electron chi connectivity index (χ1n) is 10.0. The standard InChI is InChI=1S/C24H27N3O/c1-16-7-8-19(17(2)13-16)23-14-21(20-5-3-4-6-22(20)26-23)24(28)27-11-9-18(15-25)10-12-27/h3-8,13-14,18H,9-12,15,25H2,1-2H3. The van der Waals surface area contributed by atoms with Crippen LogP contribution in [0.5, 0.6) is 0 Å². The van der Waals surface area contributed by atoms with Gasteiger partial charge in [0.15, 0.2) is 0 Å². The summed E-state index contributed by atoms with van der Waals surface area (Å²) in [6, 6.07) is 16.2. The highest BCUT2D eigenvalue weighted by atomic mass is 16.2. The molecule has 0 unspecified atom stereocenters. The van der Waals surface area contributed by atoms with Crippen molar-refractivity contribution in [3.05, 3.63) is 65.2 Å². The highest BCUT2D eigenvalue weighted by Gasteiger charge is 2.25. The van der Waals surface area contributed by atoms with E-state index in [9.17, 15) is 4.79 Å². The fourth-order valence-corrected chi connectivity index (χ4v) is 4.13. The Hall–Kier alpha value is -2.72. The van der Waals surface area contributed by atoms with E-state index < -0.39 is 0 Å². The summed E-state index contributed by atoms with van der Waals surface area (Å²) in [5, 5.41) is 0.918. The molecule has 4 rings (SSSR count). The average molecular weight is 374 g/mol. The van der Waals surface area contributed by atoms with Gasteiger partial charge in [0.05, 0.1) is 16.8 Å². The molecule has 1 aromatic heterocycles. The molecule has 1 aliphatic rings. The summed E-state index contributed by atoms with van der Waals surface area (Å²) in [4.78, 5) is 20.2. The lowest BCUT2D eigenvalue weighted by Crippen LogP contribution is -2.40. The molecule has 0 atom stereocenters. The summed E-state index contributed by atoms with van der Waals surface area (Å²) in [6.45, 7) is 6.44. The number of para-hydroxylation sites is 1. The number of aromatic nitrogens is 1. The van der Waals surface area contributed by atoms with Gasteiger partial charge < -0.3 is 10.6 Å². The number of carbonyl (C=O) groups is 1. The second-order valence-electron chi connectivity index (χ2n) is 7.86. The van der Waals surface area contributed by atoms with Crippen molar-refractivity contribution in [1.29, 1.82) is 0 Å². The SMILES string of the molecule is Cc1ccc(-c2cc(C(=O)N3CCC(CN)CC3)c3ccccc3n2)c(C)c1. The van der Waals surface area contributed by atoms with Crippen molar-refractivity contribution in [2.45, 2.75) is 26.7 Å². The molecule has 1 saturated heterocycles. The average Bonchev–Trinajstić information content (AvgIpc) is 2.72. The minimum absolute atomic E-state index is 0.0973. The summed E-state index contributed by atoms with van der Waals surface area (Å²) >= 11 is 0. The van der Waals surface area contributed by atoms with Crippen LogP contribution in [0.25, 0.3) is 22.2 Å². The van der Waals surface area contributed by atoms with Gasteiger partial charge in [-0.3, -0.25) is 4.79 Å². The number of hydrogen-bond acceptors (Lipinski definition) is 3. The lowest BCUT2D eigenvalue weighted by molar-refractivity contribution is 0.0695. The first-order chi connectivity index (χ1) is 13.6. The fourth-order valence-electron chi connectivity index (χ4n) is 4.13. The number of likely N-dealkylation sites (tertiary alicyclic amines) is 1. The summed E-state index contributed by atoms with van der Waals surface area (Å²) < 4.78 is 0.